The fourth-order valence-corrected chi connectivity index (χ4v) is 4.24. The first-order chi connectivity index (χ1) is 13.4. The van der Waals surface area contributed by atoms with Crippen LogP contribution in [0.2, 0.25) is 0 Å². The van der Waals surface area contributed by atoms with Crippen LogP contribution in [0.4, 0.5) is 11.6 Å². The predicted molar refractivity (Wildman–Crippen MR) is 111 cm³/mol. The van der Waals surface area contributed by atoms with Gasteiger partial charge >= 0.3 is 0 Å². The summed E-state index contributed by atoms with van der Waals surface area (Å²) in [5.41, 5.74) is 3.66. The van der Waals surface area contributed by atoms with E-state index in [1.807, 2.05) is 19.1 Å². The van der Waals surface area contributed by atoms with Crippen molar-refractivity contribution in [1.82, 2.24) is 9.97 Å². The topological polar surface area (TPSA) is 58.6 Å². The van der Waals surface area contributed by atoms with Crippen LogP contribution in [0.25, 0.3) is 0 Å². The molecule has 2 aliphatic rings. The van der Waals surface area contributed by atoms with Crippen LogP contribution in [0.1, 0.15) is 42.0 Å². The van der Waals surface area contributed by atoms with Crippen LogP contribution in [0, 0.1) is 12.3 Å². The first-order valence-corrected chi connectivity index (χ1v) is 9.91. The van der Waals surface area contributed by atoms with E-state index in [0.29, 0.717) is 6.42 Å². The highest BCUT2D eigenvalue weighted by molar-refractivity contribution is 5.99. The predicted octanol–water partition coefficient (Wildman–Crippen LogP) is 3.28. The van der Waals surface area contributed by atoms with E-state index >= 15 is 0 Å². The summed E-state index contributed by atoms with van der Waals surface area (Å²) < 4.78 is 5.24. The van der Waals surface area contributed by atoms with Gasteiger partial charge in [-0.3, -0.25) is 4.79 Å². The molecule has 1 fully saturated rings. The van der Waals surface area contributed by atoms with Gasteiger partial charge in [0.1, 0.15) is 5.75 Å². The quantitative estimate of drug-likeness (QED) is 0.815. The number of ether oxygens (including phenoxy) is 1. The third-order valence-electron chi connectivity index (χ3n) is 5.72. The highest BCUT2D eigenvalue weighted by Crippen LogP contribution is 2.35. The fraction of sp³-hybridized carbons (Fsp3) is 0.500. The number of hydrogen-bond donors (Lipinski definition) is 0. The Bertz CT molecular complexity index is 884. The summed E-state index contributed by atoms with van der Waals surface area (Å²) in [6, 6.07) is 8.19. The average Bonchev–Trinajstić information content (AvgIpc) is 2.66. The van der Waals surface area contributed by atoms with Gasteiger partial charge in [-0.1, -0.05) is 13.8 Å². The minimum absolute atomic E-state index is 0.0325. The number of methoxy groups -OCH3 is 1. The molecule has 0 radical (unpaired) electrons. The molecule has 2 heterocycles. The van der Waals surface area contributed by atoms with E-state index in [-0.39, 0.29) is 11.2 Å². The smallest absolute Gasteiger partial charge is 0.225 e. The lowest BCUT2D eigenvalue weighted by atomic mass is 9.75. The molecule has 0 amide bonds. The van der Waals surface area contributed by atoms with Gasteiger partial charge in [-0.15, -0.1) is 0 Å². The molecular weight excluding hydrogens is 352 g/mol. The summed E-state index contributed by atoms with van der Waals surface area (Å²) in [6.45, 7) is 9.76. The Morgan fingerprint density at radius 1 is 0.964 bits per heavy atom. The van der Waals surface area contributed by atoms with Crippen LogP contribution >= 0.6 is 0 Å². The number of rotatable bonds is 3. The molecule has 28 heavy (non-hydrogen) atoms. The molecule has 1 aliphatic carbocycles. The minimum atomic E-state index is -0.0325. The van der Waals surface area contributed by atoms with Crippen molar-refractivity contribution in [2.24, 2.45) is 5.41 Å². The number of hydrogen-bond acceptors (Lipinski definition) is 6. The summed E-state index contributed by atoms with van der Waals surface area (Å²) in [6.07, 6.45) is 1.40. The highest BCUT2D eigenvalue weighted by Gasteiger charge is 2.34. The van der Waals surface area contributed by atoms with Gasteiger partial charge in [0.15, 0.2) is 5.78 Å². The van der Waals surface area contributed by atoms with Gasteiger partial charge < -0.3 is 14.5 Å². The van der Waals surface area contributed by atoms with Gasteiger partial charge in [-0.05, 0) is 43.0 Å². The third-order valence-corrected chi connectivity index (χ3v) is 5.72. The second-order valence-electron chi connectivity index (χ2n) is 8.54. The normalized spacial score (nSPS) is 18.8. The monoisotopic (exact) mass is 380 g/mol. The summed E-state index contributed by atoms with van der Waals surface area (Å²) in [5.74, 6) is 1.81. The van der Waals surface area contributed by atoms with Gasteiger partial charge in [0.2, 0.25) is 5.95 Å². The minimum Gasteiger partial charge on any atom is -0.497 e. The van der Waals surface area contributed by atoms with Crippen molar-refractivity contribution in [2.75, 3.05) is 43.1 Å². The molecule has 1 aromatic heterocycles. The zero-order valence-electron chi connectivity index (χ0n) is 17.2. The third kappa shape index (κ3) is 3.55. The molecule has 1 aliphatic heterocycles. The maximum Gasteiger partial charge on any atom is 0.225 e. The maximum absolute atomic E-state index is 12.5. The number of ketones is 1. The molecule has 0 spiro atoms. The van der Waals surface area contributed by atoms with E-state index < -0.39 is 0 Å². The number of carbonyl (C=O) groups is 1. The summed E-state index contributed by atoms with van der Waals surface area (Å²) in [5, 5.41) is 0. The van der Waals surface area contributed by atoms with E-state index in [1.165, 1.54) is 5.69 Å². The first-order valence-electron chi connectivity index (χ1n) is 9.91. The SMILES string of the molecule is COc1ccc(N2CCN(c3nc(C)c4c(n3)CC(C)(C)CC4=O)CC2)cc1. The molecule has 148 valence electrons. The number of fused-ring (bicyclic) bond motifs is 1. The van der Waals surface area contributed by atoms with Crippen molar-refractivity contribution in [3.8, 4) is 5.75 Å². The van der Waals surface area contributed by atoms with E-state index in [9.17, 15) is 4.79 Å². The number of Topliss-reactive ketones (excluding diaryl/α,β-unsaturated/α-hetero) is 1. The maximum atomic E-state index is 12.5. The Labute approximate surface area is 166 Å². The molecule has 0 saturated carbocycles. The number of nitrogens with zero attached hydrogens (tertiary/aromatic N) is 4. The molecule has 0 bridgehead atoms. The summed E-state index contributed by atoms with van der Waals surface area (Å²) in [4.78, 5) is 26.7. The number of aryl methyl sites for hydroxylation is 1. The number of benzene rings is 1. The Balaban J connectivity index is 1.50. The van der Waals surface area contributed by atoms with Gasteiger partial charge in [-0.2, -0.15) is 0 Å². The molecule has 6 nitrogen and oxygen atoms in total. The number of aromatic nitrogens is 2. The van der Waals surface area contributed by atoms with Crippen molar-refractivity contribution < 1.29 is 9.53 Å². The molecule has 4 rings (SSSR count). The Kier molecular flexibility index (Phi) is 4.73. The van der Waals surface area contributed by atoms with Gasteiger partial charge in [0.05, 0.1) is 24.1 Å². The van der Waals surface area contributed by atoms with Crippen molar-refractivity contribution in [2.45, 2.75) is 33.6 Å². The molecule has 6 heteroatoms. The lowest BCUT2D eigenvalue weighted by Crippen LogP contribution is -2.47. The zero-order chi connectivity index (χ0) is 19.9. The first kappa shape index (κ1) is 18.7. The van der Waals surface area contributed by atoms with Crippen molar-refractivity contribution in [1.29, 1.82) is 0 Å². The van der Waals surface area contributed by atoms with Crippen LogP contribution in [0.5, 0.6) is 5.75 Å². The molecule has 0 atom stereocenters. The number of carbonyl (C=O) groups excluding carboxylic acids is 1. The molecule has 1 aromatic carbocycles. The zero-order valence-corrected chi connectivity index (χ0v) is 17.2. The van der Waals surface area contributed by atoms with E-state index in [0.717, 1.165) is 61.2 Å². The van der Waals surface area contributed by atoms with E-state index in [4.69, 9.17) is 9.72 Å². The molecule has 0 unspecified atom stereocenters. The standard InChI is InChI=1S/C22H28N4O2/c1-15-20-18(13-22(2,3)14-19(20)27)24-21(23-15)26-11-9-25(10-12-26)16-5-7-17(28-4)8-6-16/h5-8H,9-14H2,1-4H3. The highest BCUT2D eigenvalue weighted by atomic mass is 16.5. The molecule has 0 N–H and O–H groups in total. The second-order valence-corrected chi connectivity index (χ2v) is 8.54. The number of anilines is 2. The van der Waals surface area contributed by atoms with Crippen LogP contribution < -0.4 is 14.5 Å². The van der Waals surface area contributed by atoms with Crippen molar-refractivity contribution in [3.05, 3.63) is 41.2 Å². The van der Waals surface area contributed by atoms with Crippen molar-refractivity contribution >= 4 is 17.4 Å². The van der Waals surface area contributed by atoms with Crippen LogP contribution in [-0.4, -0.2) is 49.0 Å². The van der Waals surface area contributed by atoms with E-state index in [1.54, 1.807) is 7.11 Å². The van der Waals surface area contributed by atoms with Crippen LogP contribution in [0.15, 0.2) is 24.3 Å². The van der Waals surface area contributed by atoms with Crippen LogP contribution in [0.3, 0.4) is 0 Å². The van der Waals surface area contributed by atoms with Gasteiger partial charge in [0, 0.05) is 38.3 Å². The lowest BCUT2D eigenvalue weighted by Gasteiger charge is -2.37. The molecular formula is C22H28N4O2. The van der Waals surface area contributed by atoms with Gasteiger partial charge in [-0.25, -0.2) is 9.97 Å². The second kappa shape index (κ2) is 7.08. The van der Waals surface area contributed by atoms with Crippen molar-refractivity contribution in [3.63, 3.8) is 0 Å². The Morgan fingerprint density at radius 2 is 1.61 bits per heavy atom. The molecule has 2 aromatic rings. The molecule has 1 saturated heterocycles. The average molecular weight is 380 g/mol. The fourth-order valence-electron chi connectivity index (χ4n) is 4.24. The number of piperazine rings is 1. The lowest BCUT2D eigenvalue weighted by molar-refractivity contribution is 0.0909. The summed E-state index contributed by atoms with van der Waals surface area (Å²) in [7, 11) is 1.68. The summed E-state index contributed by atoms with van der Waals surface area (Å²) >= 11 is 0. The largest absolute Gasteiger partial charge is 0.497 e. The Morgan fingerprint density at radius 3 is 2.25 bits per heavy atom. The van der Waals surface area contributed by atoms with Crippen LogP contribution in [-0.2, 0) is 6.42 Å². The van der Waals surface area contributed by atoms with E-state index in [2.05, 4.69) is 40.8 Å². The Hall–Kier alpha value is -2.63. The van der Waals surface area contributed by atoms with Gasteiger partial charge in [0.25, 0.3) is 0 Å².